The van der Waals surface area contributed by atoms with E-state index < -0.39 is 5.60 Å². The van der Waals surface area contributed by atoms with Crippen molar-refractivity contribution in [3.63, 3.8) is 0 Å². The van der Waals surface area contributed by atoms with Crippen LogP contribution in [-0.4, -0.2) is 43.2 Å². The third-order valence-electron chi connectivity index (χ3n) is 6.72. The molecule has 1 fully saturated rings. The molecule has 7 nitrogen and oxygen atoms in total. The first-order valence-corrected chi connectivity index (χ1v) is 13.1. The SMILES string of the molecule is Cc1nc(NCCC(C)(C)C)nc(N[C@H]2CC[C@@H](C(C)(C)O)C2)c1-c1nc2c(C)nccc2s1. The van der Waals surface area contributed by atoms with Gasteiger partial charge < -0.3 is 15.7 Å². The van der Waals surface area contributed by atoms with Gasteiger partial charge in [-0.25, -0.2) is 9.97 Å². The number of nitrogens with one attached hydrogen (secondary N) is 2. The van der Waals surface area contributed by atoms with Crippen LogP contribution < -0.4 is 10.6 Å². The van der Waals surface area contributed by atoms with Gasteiger partial charge in [0.25, 0.3) is 0 Å². The van der Waals surface area contributed by atoms with Crippen molar-refractivity contribution in [2.24, 2.45) is 11.3 Å². The molecular formula is C26H38N6OS. The van der Waals surface area contributed by atoms with Crippen LogP contribution in [0.25, 0.3) is 20.8 Å². The van der Waals surface area contributed by atoms with Gasteiger partial charge in [-0.3, -0.25) is 4.98 Å². The first-order chi connectivity index (χ1) is 15.9. The van der Waals surface area contributed by atoms with Crippen LogP contribution in [0.2, 0.25) is 0 Å². The number of aliphatic hydroxyl groups is 1. The number of hydrogen-bond acceptors (Lipinski definition) is 8. The fraction of sp³-hybridized carbons (Fsp3) is 0.615. The Morgan fingerprint density at radius 3 is 2.47 bits per heavy atom. The Morgan fingerprint density at radius 2 is 1.82 bits per heavy atom. The summed E-state index contributed by atoms with van der Waals surface area (Å²) in [6.07, 6.45) is 5.79. The second kappa shape index (κ2) is 9.38. The van der Waals surface area contributed by atoms with Gasteiger partial charge in [-0.1, -0.05) is 20.8 Å². The van der Waals surface area contributed by atoms with E-state index in [4.69, 9.17) is 15.0 Å². The Bertz CT molecular complexity index is 1160. The molecule has 1 saturated carbocycles. The Balaban J connectivity index is 1.68. The molecule has 8 heteroatoms. The third kappa shape index (κ3) is 5.66. The molecule has 3 N–H and O–H groups in total. The molecule has 2 atom stereocenters. The molecule has 34 heavy (non-hydrogen) atoms. The minimum Gasteiger partial charge on any atom is -0.390 e. The molecule has 0 bridgehead atoms. The molecule has 3 aromatic rings. The van der Waals surface area contributed by atoms with Crippen LogP contribution >= 0.6 is 11.3 Å². The molecule has 0 aromatic carbocycles. The monoisotopic (exact) mass is 482 g/mol. The van der Waals surface area contributed by atoms with Crippen LogP contribution in [0.1, 0.15) is 71.7 Å². The summed E-state index contributed by atoms with van der Waals surface area (Å²) in [5.74, 6) is 1.73. The summed E-state index contributed by atoms with van der Waals surface area (Å²) in [5, 5.41) is 18.6. The molecule has 3 aromatic heterocycles. The Hall–Kier alpha value is -2.32. The van der Waals surface area contributed by atoms with Crippen molar-refractivity contribution in [1.82, 2.24) is 19.9 Å². The fourth-order valence-electron chi connectivity index (χ4n) is 4.60. The van der Waals surface area contributed by atoms with Crippen molar-refractivity contribution in [2.45, 2.75) is 85.8 Å². The lowest BCUT2D eigenvalue weighted by molar-refractivity contribution is 0.0197. The second-order valence-corrected chi connectivity index (χ2v) is 12.4. The number of hydrogen-bond donors (Lipinski definition) is 3. The number of aromatic nitrogens is 4. The maximum Gasteiger partial charge on any atom is 0.224 e. The van der Waals surface area contributed by atoms with Crippen molar-refractivity contribution >= 4 is 33.3 Å². The molecule has 0 amide bonds. The summed E-state index contributed by atoms with van der Waals surface area (Å²) >= 11 is 1.65. The summed E-state index contributed by atoms with van der Waals surface area (Å²) < 4.78 is 1.11. The first kappa shape index (κ1) is 24.8. The average molecular weight is 483 g/mol. The fourth-order valence-corrected chi connectivity index (χ4v) is 5.71. The van der Waals surface area contributed by atoms with E-state index in [0.29, 0.717) is 5.95 Å². The average Bonchev–Trinajstić information content (AvgIpc) is 3.34. The van der Waals surface area contributed by atoms with Gasteiger partial charge in [0, 0.05) is 18.8 Å². The van der Waals surface area contributed by atoms with Gasteiger partial charge in [-0.05, 0) is 70.8 Å². The minimum atomic E-state index is -0.669. The molecule has 0 aliphatic heterocycles. The third-order valence-corrected chi connectivity index (χ3v) is 7.76. The molecule has 0 spiro atoms. The molecule has 0 radical (unpaired) electrons. The van der Waals surface area contributed by atoms with Gasteiger partial charge in [-0.2, -0.15) is 4.98 Å². The van der Waals surface area contributed by atoms with E-state index in [1.807, 2.05) is 40.0 Å². The summed E-state index contributed by atoms with van der Waals surface area (Å²) in [6, 6.07) is 2.27. The van der Waals surface area contributed by atoms with Gasteiger partial charge in [0.2, 0.25) is 5.95 Å². The summed E-state index contributed by atoms with van der Waals surface area (Å²) in [5.41, 5.74) is 3.29. The number of rotatable bonds is 7. The number of aryl methyl sites for hydroxylation is 2. The van der Waals surface area contributed by atoms with E-state index in [1.165, 1.54) is 0 Å². The van der Waals surface area contributed by atoms with Gasteiger partial charge in [-0.15, -0.1) is 11.3 Å². The molecule has 0 saturated heterocycles. The Labute approximate surface area is 206 Å². The van der Waals surface area contributed by atoms with E-state index in [-0.39, 0.29) is 17.4 Å². The highest BCUT2D eigenvalue weighted by Gasteiger charge is 2.35. The molecule has 4 rings (SSSR count). The van der Waals surface area contributed by atoms with Crippen LogP contribution in [0.15, 0.2) is 12.3 Å². The van der Waals surface area contributed by atoms with Gasteiger partial charge in [0.1, 0.15) is 16.3 Å². The first-order valence-electron chi connectivity index (χ1n) is 12.2. The highest BCUT2D eigenvalue weighted by Crippen LogP contribution is 2.40. The number of nitrogens with zero attached hydrogens (tertiary/aromatic N) is 4. The zero-order chi connectivity index (χ0) is 24.7. The minimum absolute atomic E-state index is 0.242. The normalized spacial score (nSPS) is 19.1. The van der Waals surface area contributed by atoms with E-state index >= 15 is 0 Å². The number of thiazole rings is 1. The maximum atomic E-state index is 10.5. The van der Waals surface area contributed by atoms with Crippen molar-refractivity contribution in [3.05, 3.63) is 23.7 Å². The largest absolute Gasteiger partial charge is 0.390 e. The molecular weight excluding hydrogens is 444 g/mol. The summed E-state index contributed by atoms with van der Waals surface area (Å²) in [7, 11) is 0. The van der Waals surface area contributed by atoms with Crippen LogP contribution in [0.4, 0.5) is 11.8 Å². The van der Waals surface area contributed by atoms with Crippen molar-refractivity contribution < 1.29 is 5.11 Å². The van der Waals surface area contributed by atoms with E-state index in [9.17, 15) is 5.11 Å². The molecule has 0 unspecified atom stereocenters. The van der Waals surface area contributed by atoms with Crippen LogP contribution in [0.3, 0.4) is 0 Å². The maximum absolute atomic E-state index is 10.5. The molecule has 3 heterocycles. The van der Waals surface area contributed by atoms with Crippen molar-refractivity contribution in [2.75, 3.05) is 17.2 Å². The predicted octanol–water partition coefficient (Wildman–Crippen LogP) is 5.96. The van der Waals surface area contributed by atoms with E-state index in [1.54, 1.807) is 11.3 Å². The highest BCUT2D eigenvalue weighted by atomic mass is 32.1. The number of anilines is 2. The molecule has 184 valence electrons. The standard InChI is InChI=1S/C26H38N6OS/c1-15-20(23-31-21-16(2)27-12-10-19(21)34-23)22(30-18-9-8-17(14-18)26(6,7)33)32-24(29-15)28-13-11-25(3,4)5/h10,12,17-18,33H,8-9,11,13-14H2,1-7H3,(H2,28,29,30,32)/t17-,18+/m1/s1. The van der Waals surface area contributed by atoms with Crippen molar-refractivity contribution in [3.8, 4) is 10.6 Å². The zero-order valence-corrected chi connectivity index (χ0v) is 22.3. The van der Waals surface area contributed by atoms with Crippen LogP contribution in [-0.2, 0) is 0 Å². The van der Waals surface area contributed by atoms with Crippen LogP contribution in [0, 0.1) is 25.2 Å². The number of fused-ring (bicyclic) bond motifs is 1. The smallest absolute Gasteiger partial charge is 0.224 e. The van der Waals surface area contributed by atoms with Crippen LogP contribution in [0.5, 0.6) is 0 Å². The second-order valence-electron chi connectivity index (χ2n) is 11.4. The molecule has 1 aliphatic rings. The highest BCUT2D eigenvalue weighted by molar-refractivity contribution is 7.21. The van der Waals surface area contributed by atoms with E-state index in [0.717, 1.165) is 70.2 Å². The Kier molecular flexibility index (Phi) is 6.84. The van der Waals surface area contributed by atoms with Gasteiger partial charge >= 0.3 is 0 Å². The molecule has 1 aliphatic carbocycles. The lowest BCUT2D eigenvalue weighted by atomic mass is 9.89. The summed E-state index contributed by atoms with van der Waals surface area (Å²) in [6.45, 7) is 15.4. The zero-order valence-electron chi connectivity index (χ0n) is 21.5. The topological polar surface area (TPSA) is 95.9 Å². The van der Waals surface area contributed by atoms with Gasteiger partial charge in [0.15, 0.2) is 0 Å². The predicted molar refractivity (Wildman–Crippen MR) is 142 cm³/mol. The summed E-state index contributed by atoms with van der Waals surface area (Å²) in [4.78, 5) is 19.1. The number of pyridine rings is 1. The van der Waals surface area contributed by atoms with Crippen molar-refractivity contribution in [1.29, 1.82) is 0 Å². The van der Waals surface area contributed by atoms with Gasteiger partial charge in [0.05, 0.1) is 27.3 Å². The van der Waals surface area contributed by atoms with E-state index in [2.05, 4.69) is 36.4 Å². The Morgan fingerprint density at radius 1 is 1.06 bits per heavy atom. The lowest BCUT2D eigenvalue weighted by Crippen LogP contribution is -2.30. The quantitative estimate of drug-likeness (QED) is 0.382. The lowest BCUT2D eigenvalue weighted by Gasteiger charge is -2.25.